The van der Waals surface area contributed by atoms with Crippen LogP contribution in [0.1, 0.15) is 10.4 Å². The van der Waals surface area contributed by atoms with Crippen LogP contribution in [-0.2, 0) is 0 Å². The highest BCUT2D eigenvalue weighted by atomic mass is 16.3. The second-order valence-electron chi connectivity index (χ2n) is 3.15. The molecule has 0 bridgehead atoms. The fourth-order valence-corrected chi connectivity index (χ4v) is 1.32. The Morgan fingerprint density at radius 1 is 1.43 bits per heavy atom. The van der Waals surface area contributed by atoms with Crippen molar-refractivity contribution in [1.82, 2.24) is 5.32 Å². The molecule has 4 heteroatoms. The summed E-state index contributed by atoms with van der Waals surface area (Å²) in [6.45, 7) is 0. The number of para-hydroxylation sites is 1. The van der Waals surface area contributed by atoms with Crippen LogP contribution in [0.15, 0.2) is 18.2 Å². The summed E-state index contributed by atoms with van der Waals surface area (Å²) in [7, 11) is 5.12. The summed E-state index contributed by atoms with van der Waals surface area (Å²) in [5, 5.41) is 12.1. The Morgan fingerprint density at radius 3 is 2.57 bits per heavy atom. The Hall–Kier alpha value is -1.71. The molecule has 0 aromatic heterocycles. The average Bonchev–Trinajstić information content (AvgIpc) is 2.15. The zero-order chi connectivity index (χ0) is 10.7. The van der Waals surface area contributed by atoms with Crippen molar-refractivity contribution in [3.05, 3.63) is 23.8 Å². The van der Waals surface area contributed by atoms with Crippen molar-refractivity contribution in [1.29, 1.82) is 0 Å². The number of carbonyl (C=O) groups is 1. The van der Waals surface area contributed by atoms with Crippen LogP contribution in [0.3, 0.4) is 0 Å². The molecule has 0 aliphatic heterocycles. The van der Waals surface area contributed by atoms with E-state index in [9.17, 15) is 9.90 Å². The Balaban J connectivity index is 3.28. The van der Waals surface area contributed by atoms with E-state index in [1.165, 1.54) is 0 Å². The molecule has 1 aromatic carbocycles. The summed E-state index contributed by atoms with van der Waals surface area (Å²) < 4.78 is 0. The van der Waals surface area contributed by atoms with Crippen LogP contribution in [0.5, 0.6) is 5.75 Å². The quantitative estimate of drug-likeness (QED) is 0.732. The van der Waals surface area contributed by atoms with Crippen molar-refractivity contribution in [2.75, 3.05) is 26.0 Å². The monoisotopic (exact) mass is 194 g/mol. The molecule has 2 N–H and O–H groups in total. The molecule has 1 aromatic rings. The number of aromatic hydroxyl groups is 1. The maximum atomic E-state index is 11.4. The predicted molar refractivity (Wildman–Crippen MR) is 55.8 cm³/mol. The fraction of sp³-hybridized carbons (Fsp3) is 0.300. The van der Waals surface area contributed by atoms with E-state index in [0.29, 0.717) is 11.3 Å². The zero-order valence-corrected chi connectivity index (χ0v) is 8.53. The van der Waals surface area contributed by atoms with Gasteiger partial charge in [-0.1, -0.05) is 6.07 Å². The number of benzene rings is 1. The van der Waals surface area contributed by atoms with Gasteiger partial charge in [-0.05, 0) is 12.1 Å². The maximum absolute atomic E-state index is 11.4. The molecule has 0 radical (unpaired) electrons. The molecule has 0 unspecified atom stereocenters. The minimum absolute atomic E-state index is 0.108. The van der Waals surface area contributed by atoms with Gasteiger partial charge in [-0.3, -0.25) is 4.79 Å². The highest BCUT2D eigenvalue weighted by Gasteiger charge is 2.14. The molecule has 4 nitrogen and oxygen atoms in total. The number of hydrogen-bond donors (Lipinski definition) is 2. The fourth-order valence-electron chi connectivity index (χ4n) is 1.32. The summed E-state index contributed by atoms with van der Waals surface area (Å²) in [6, 6.07) is 4.88. The van der Waals surface area contributed by atoms with Gasteiger partial charge in [-0.15, -0.1) is 0 Å². The van der Waals surface area contributed by atoms with E-state index in [2.05, 4.69) is 5.32 Å². The van der Waals surface area contributed by atoms with Gasteiger partial charge in [-0.2, -0.15) is 0 Å². The smallest absolute Gasteiger partial charge is 0.253 e. The normalized spacial score (nSPS) is 9.64. The summed E-state index contributed by atoms with van der Waals surface area (Å²) in [4.78, 5) is 13.2. The lowest BCUT2D eigenvalue weighted by molar-refractivity contribution is 0.0963. The number of anilines is 1. The number of amides is 1. The van der Waals surface area contributed by atoms with Crippen molar-refractivity contribution in [2.45, 2.75) is 0 Å². The molecule has 0 aliphatic rings. The number of nitrogens with zero attached hydrogens (tertiary/aromatic N) is 1. The highest BCUT2D eigenvalue weighted by molar-refractivity contribution is 6.00. The number of nitrogens with one attached hydrogen (secondary N) is 1. The number of rotatable bonds is 2. The van der Waals surface area contributed by atoms with Gasteiger partial charge in [0.1, 0.15) is 5.75 Å². The Bertz CT molecular complexity index is 348. The minimum atomic E-state index is -0.204. The standard InChI is InChI=1S/C10H14N2O2/c1-11-10(14)7-5-4-6-8(13)9(7)12(2)3/h4-6,13H,1-3H3,(H,11,14). The Kier molecular flexibility index (Phi) is 2.96. The number of phenolic OH excluding ortho intramolecular Hbond substituents is 1. The van der Waals surface area contributed by atoms with Gasteiger partial charge in [-0.25, -0.2) is 0 Å². The van der Waals surface area contributed by atoms with Crippen LogP contribution in [0, 0.1) is 0 Å². The van der Waals surface area contributed by atoms with Crippen LogP contribution in [-0.4, -0.2) is 32.2 Å². The van der Waals surface area contributed by atoms with E-state index in [1.54, 1.807) is 44.2 Å². The third-order valence-electron chi connectivity index (χ3n) is 1.93. The maximum Gasteiger partial charge on any atom is 0.253 e. The van der Waals surface area contributed by atoms with Crippen molar-refractivity contribution in [2.24, 2.45) is 0 Å². The lowest BCUT2D eigenvalue weighted by atomic mass is 10.1. The molecular formula is C10H14N2O2. The summed E-state index contributed by atoms with van der Waals surface area (Å²) in [6.07, 6.45) is 0. The largest absolute Gasteiger partial charge is 0.506 e. The van der Waals surface area contributed by atoms with Gasteiger partial charge in [0.05, 0.1) is 11.3 Å². The summed E-state index contributed by atoms with van der Waals surface area (Å²) in [5.41, 5.74) is 1.00. The van der Waals surface area contributed by atoms with E-state index in [4.69, 9.17) is 0 Å². The van der Waals surface area contributed by atoms with E-state index in [-0.39, 0.29) is 11.7 Å². The minimum Gasteiger partial charge on any atom is -0.506 e. The summed E-state index contributed by atoms with van der Waals surface area (Å²) in [5.74, 6) is -0.0966. The topological polar surface area (TPSA) is 52.6 Å². The molecule has 76 valence electrons. The molecule has 0 heterocycles. The number of carbonyl (C=O) groups excluding carboxylic acids is 1. The van der Waals surface area contributed by atoms with Crippen molar-refractivity contribution in [3.8, 4) is 5.75 Å². The van der Waals surface area contributed by atoms with Crippen LogP contribution in [0.4, 0.5) is 5.69 Å². The zero-order valence-electron chi connectivity index (χ0n) is 8.53. The molecule has 0 spiro atoms. The SMILES string of the molecule is CNC(=O)c1cccc(O)c1N(C)C. The molecule has 0 saturated carbocycles. The van der Waals surface area contributed by atoms with Gasteiger partial charge in [0.2, 0.25) is 0 Å². The van der Waals surface area contributed by atoms with Crippen LogP contribution in [0.2, 0.25) is 0 Å². The van der Waals surface area contributed by atoms with Crippen molar-refractivity contribution >= 4 is 11.6 Å². The van der Waals surface area contributed by atoms with Crippen LogP contribution < -0.4 is 10.2 Å². The number of phenols is 1. The predicted octanol–water partition coefficient (Wildman–Crippen LogP) is 0.818. The van der Waals surface area contributed by atoms with Gasteiger partial charge in [0, 0.05) is 21.1 Å². The van der Waals surface area contributed by atoms with Crippen LogP contribution in [0.25, 0.3) is 0 Å². The first-order valence-electron chi connectivity index (χ1n) is 4.29. The van der Waals surface area contributed by atoms with E-state index in [1.807, 2.05) is 0 Å². The molecule has 0 fully saturated rings. The highest BCUT2D eigenvalue weighted by Crippen LogP contribution is 2.29. The van der Waals surface area contributed by atoms with Crippen molar-refractivity contribution < 1.29 is 9.90 Å². The van der Waals surface area contributed by atoms with Gasteiger partial charge < -0.3 is 15.3 Å². The first-order chi connectivity index (χ1) is 6.57. The molecular weight excluding hydrogens is 180 g/mol. The average molecular weight is 194 g/mol. The second-order valence-corrected chi connectivity index (χ2v) is 3.15. The number of hydrogen-bond acceptors (Lipinski definition) is 3. The molecule has 14 heavy (non-hydrogen) atoms. The first kappa shape index (κ1) is 10.4. The lowest BCUT2D eigenvalue weighted by Crippen LogP contribution is -2.22. The first-order valence-corrected chi connectivity index (χ1v) is 4.29. The Labute approximate surface area is 83.2 Å². The van der Waals surface area contributed by atoms with E-state index in [0.717, 1.165) is 0 Å². The molecule has 0 aliphatic carbocycles. The molecule has 0 atom stereocenters. The van der Waals surface area contributed by atoms with Gasteiger partial charge in [0.25, 0.3) is 5.91 Å². The van der Waals surface area contributed by atoms with E-state index < -0.39 is 0 Å². The van der Waals surface area contributed by atoms with Gasteiger partial charge >= 0.3 is 0 Å². The second kappa shape index (κ2) is 4.00. The van der Waals surface area contributed by atoms with Gasteiger partial charge in [0.15, 0.2) is 0 Å². The summed E-state index contributed by atoms with van der Waals surface area (Å²) >= 11 is 0. The Morgan fingerprint density at radius 2 is 2.07 bits per heavy atom. The molecule has 1 rings (SSSR count). The third kappa shape index (κ3) is 1.79. The third-order valence-corrected chi connectivity index (χ3v) is 1.93. The molecule has 0 saturated heterocycles. The van der Waals surface area contributed by atoms with E-state index >= 15 is 0 Å². The van der Waals surface area contributed by atoms with Crippen molar-refractivity contribution in [3.63, 3.8) is 0 Å². The van der Waals surface area contributed by atoms with Crippen LogP contribution >= 0.6 is 0 Å². The lowest BCUT2D eigenvalue weighted by Gasteiger charge is -2.17. The molecule has 1 amide bonds.